The van der Waals surface area contributed by atoms with Crippen LogP contribution in [0.3, 0.4) is 0 Å². The summed E-state index contributed by atoms with van der Waals surface area (Å²) >= 11 is 1.65. The van der Waals surface area contributed by atoms with E-state index < -0.39 is 0 Å². The van der Waals surface area contributed by atoms with Crippen molar-refractivity contribution in [3.8, 4) is 16.5 Å². The number of hydrogen-bond acceptors (Lipinski definition) is 4. The molecule has 0 N–H and O–H groups in total. The molecule has 4 heterocycles. The zero-order chi connectivity index (χ0) is 22.5. The standard InChI is InChI=1S/C27H21N3O2S/c28-13-17-5-7-19(8-6-17)26(31)29-14-18-11-21(16-29)23-10-9-22(27(32)30(23)15-18)25-12-20-3-1-2-4-24(20)33-25/h1-10,12,18,21H,11,14-16H2/t18-,21-/m1/s1. The van der Waals surface area contributed by atoms with E-state index in [1.165, 1.54) is 4.70 Å². The zero-order valence-electron chi connectivity index (χ0n) is 17.9. The summed E-state index contributed by atoms with van der Waals surface area (Å²) < 4.78 is 3.13. The highest BCUT2D eigenvalue weighted by molar-refractivity contribution is 7.22. The number of piperidine rings is 1. The van der Waals surface area contributed by atoms with Gasteiger partial charge in [-0.15, -0.1) is 11.3 Å². The lowest BCUT2D eigenvalue weighted by atomic mass is 9.82. The number of aromatic nitrogens is 1. The van der Waals surface area contributed by atoms with Crippen molar-refractivity contribution in [1.82, 2.24) is 9.47 Å². The molecule has 0 spiro atoms. The van der Waals surface area contributed by atoms with Gasteiger partial charge in [0.15, 0.2) is 0 Å². The van der Waals surface area contributed by atoms with Gasteiger partial charge in [-0.05, 0) is 66.3 Å². The molecule has 2 bridgehead atoms. The van der Waals surface area contributed by atoms with Crippen LogP contribution < -0.4 is 5.56 Å². The van der Waals surface area contributed by atoms with Crippen LogP contribution >= 0.6 is 11.3 Å². The van der Waals surface area contributed by atoms with Gasteiger partial charge in [-0.2, -0.15) is 5.26 Å². The van der Waals surface area contributed by atoms with Crippen LogP contribution in [0.2, 0.25) is 0 Å². The largest absolute Gasteiger partial charge is 0.338 e. The first-order chi connectivity index (χ1) is 16.1. The Morgan fingerprint density at radius 1 is 1.00 bits per heavy atom. The molecule has 4 aromatic rings. The van der Waals surface area contributed by atoms with Crippen LogP contribution in [0.4, 0.5) is 0 Å². The molecule has 2 aliphatic heterocycles. The number of benzene rings is 2. The van der Waals surface area contributed by atoms with Crippen molar-refractivity contribution in [1.29, 1.82) is 5.26 Å². The Labute approximate surface area is 195 Å². The van der Waals surface area contributed by atoms with Crippen LogP contribution in [0.5, 0.6) is 0 Å². The number of carbonyl (C=O) groups is 1. The quantitative estimate of drug-likeness (QED) is 0.437. The second-order valence-electron chi connectivity index (χ2n) is 8.93. The van der Waals surface area contributed by atoms with E-state index in [0.717, 1.165) is 27.9 Å². The molecule has 0 radical (unpaired) electrons. The summed E-state index contributed by atoms with van der Waals surface area (Å²) in [6.45, 7) is 1.89. The Kier molecular flexibility index (Phi) is 4.67. The Morgan fingerprint density at radius 2 is 1.82 bits per heavy atom. The molecule has 0 unspecified atom stereocenters. The van der Waals surface area contributed by atoms with Crippen LogP contribution in [-0.2, 0) is 6.54 Å². The van der Waals surface area contributed by atoms with Crippen molar-refractivity contribution in [3.63, 3.8) is 0 Å². The maximum Gasteiger partial charge on any atom is 0.259 e. The molecular weight excluding hydrogens is 430 g/mol. The van der Waals surface area contributed by atoms with E-state index in [4.69, 9.17) is 5.26 Å². The van der Waals surface area contributed by atoms with Crippen LogP contribution in [0.15, 0.2) is 71.5 Å². The Hall–Kier alpha value is -3.69. The number of thiophene rings is 1. The van der Waals surface area contributed by atoms with Crippen molar-refractivity contribution in [2.75, 3.05) is 13.1 Å². The van der Waals surface area contributed by atoms with Crippen molar-refractivity contribution in [2.45, 2.75) is 18.9 Å². The Morgan fingerprint density at radius 3 is 2.61 bits per heavy atom. The molecule has 162 valence electrons. The fraction of sp³-hybridized carbons (Fsp3) is 0.222. The summed E-state index contributed by atoms with van der Waals surface area (Å²) in [5, 5.41) is 10.2. The molecule has 1 saturated heterocycles. The number of carbonyl (C=O) groups excluding carboxylic acids is 1. The average Bonchev–Trinajstić information content (AvgIpc) is 3.28. The average molecular weight is 452 g/mol. The van der Waals surface area contributed by atoms with Gasteiger partial charge in [-0.25, -0.2) is 0 Å². The summed E-state index contributed by atoms with van der Waals surface area (Å²) in [6, 6.07) is 23.2. The van der Waals surface area contributed by atoms with E-state index in [1.54, 1.807) is 35.6 Å². The molecule has 0 saturated carbocycles. The third-order valence-electron chi connectivity index (χ3n) is 6.84. The fourth-order valence-electron chi connectivity index (χ4n) is 5.28. The number of hydrogen-bond donors (Lipinski definition) is 0. The maximum atomic E-state index is 13.5. The van der Waals surface area contributed by atoms with E-state index in [2.05, 4.69) is 30.3 Å². The Balaban J connectivity index is 1.31. The van der Waals surface area contributed by atoms with E-state index >= 15 is 0 Å². The van der Waals surface area contributed by atoms with Crippen molar-refractivity contribution in [3.05, 3.63) is 93.9 Å². The van der Waals surface area contributed by atoms with Gasteiger partial charge in [0, 0.05) is 46.4 Å². The topological polar surface area (TPSA) is 66.1 Å². The number of amides is 1. The lowest BCUT2D eigenvalue weighted by molar-refractivity contribution is 0.0594. The van der Waals surface area contributed by atoms with Crippen LogP contribution in [0, 0.1) is 17.2 Å². The van der Waals surface area contributed by atoms with Crippen LogP contribution in [0.1, 0.15) is 34.0 Å². The molecule has 2 aliphatic rings. The molecule has 1 amide bonds. The van der Waals surface area contributed by atoms with Gasteiger partial charge in [-0.1, -0.05) is 18.2 Å². The SMILES string of the molecule is N#Cc1ccc(C(=O)N2C[C@H]3C[C@H](C2)c2ccc(-c4cc5ccccc5s4)c(=O)n2C3)cc1. The summed E-state index contributed by atoms with van der Waals surface area (Å²) in [6.07, 6.45) is 0.999. The second kappa shape index (κ2) is 7.72. The highest BCUT2D eigenvalue weighted by Crippen LogP contribution is 2.37. The minimum absolute atomic E-state index is 0.00752. The monoisotopic (exact) mass is 451 g/mol. The van der Waals surface area contributed by atoms with Gasteiger partial charge < -0.3 is 9.47 Å². The number of nitriles is 1. The fourth-order valence-corrected chi connectivity index (χ4v) is 6.36. The van der Waals surface area contributed by atoms with Gasteiger partial charge in [-0.3, -0.25) is 9.59 Å². The molecule has 2 atom stereocenters. The van der Waals surface area contributed by atoms with Gasteiger partial charge in [0.2, 0.25) is 0 Å². The first kappa shape index (κ1) is 20.0. The smallest absolute Gasteiger partial charge is 0.259 e. The predicted molar refractivity (Wildman–Crippen MR) is 129 cm³/mol. The molecule has 6 heteroatoms. The first-order valence-corrected chi connectivity index (χ1v) is 11.9. The van der Waals surface area contributed by atoms with Crippen molar-refractivity contribution >= 4 is 27.3 Å². The zero-order valence-corrected chi connectivity index (χ0v) is 18.7. The molecule has 2 aromatic heterocycles. The molecule has 2 aromatic carbocycles. The van der Waals surface area contributed by atoms with E-state index in [9.17, 15) is 9.59 Å². The molecule has 0 aliphatic carbocycles. The van der Waals surface area contributed by atoms with Crippen molar-refractivity contribution < 1.29 is 4.79 Å². The minimum atomic E-state index is -0.00752. The molecule has 5 nitrogen and oxygen atoms in total. The molecule has 33 heavy (non-hydrogen) atoms. The lowest BCUT2D eigenvalue weighted by Gasteiger charge is -2.43. The highest BCUT2D eigenvalue weighted by Gasteiger charge is 2.37. The summed E-state index contributed by atoms with van der Waals surface area (Å²) in [5.41, 5.74) is 3.00. The minimum Gasteiger partial charge on any atom is -0.338 e. The summed E-state index contributed by atoms with van der Waals surface area (Å²) in [5.74, 6) is 0.407. The lowest BCUT2D eigenvalue weighted by Crippen LogP contribution is -2.49. The third kappa shape index (κ3) is 3.37. The number of pyridine rings is 1. The summed E-state index contributed by atoms with van der Waals surface area (Å²) in [4.78, 5) is 29.5. The molecular formula is C27H21N3O2S. The van der Waals surface area contributed by atoms with Gasteiger partial charge >= 0.3 is 0 Å². The van der Waals surface area contributed by atoms with E-state index in [-0.39, 0.29) is 23.3 Å². The number of rotatable bonds is 2. The van der Waals surface area contributed by atoms with Crippen LogP contribution in [0.25, 0.3) is 20.5 Å². The third-order valence-corrected chi connectivity index (χ3v) is 7.99. The normalized spacial score (nSPS) is 19.2. The van der Waals surface area contributed by atoms with Crippen LogP contribution in [-0.4, -0.2) is 28.5 Å². The number of nitrogens with zero attached hydrogens (tertiary/aromatic N) is 3. The van der Waals surface area contributed by atoms with Crippen molar-refractivity contribution in [2.24, 2.45) is 5.92 Å². The van der Waals surface area contributed by atoms with E-state index in [1.807, 2.05) is 27.7 Å². The molecule has 1 fully saturated rings. The number of likely N-dealkylation sites (tertiary alicyclic amines) is 1. The van der Waals surface area contributed by atoms with Gasteiger partial charge in [0.05, 0.1) is 17.2 Å². The first-order valence-electron chi connectivity index (χ1n) is 11.1. The number of fused-ring (bicyclic) bond motifs is 5. The highest BCUT2D eigenvalue weighted by atomic mass is 32.1. The maximum absolute atomic E-state index is 13.5. The Bertz CT molecular complexity index is 1460. The summed E-state index contributed by atoms with van der Waals surface area (Å²) in [7, 11) is 0. The molecule has 6 rings (SSSR count). The van der Waals surface area contributed by atoms with Gasteiger partial charge in [0.25, 0.3) is 11.5 Å². The second-order valence-corrected chi connectivity index (χ2v) is 10.0. The van der Waals surface area contributed by atoms with E-state index in [0.29, 0.717) is 30.8 Å². The predicted octanol–water partition coefficient (Wildman–Crippen LogP) is 4.86. The van der Waals surface area contributed by atoms with Gasteiger partial charge in [0.1, 0.15) is 0 Å².